The SMILES string of the molecule is Cc1ccc2c(Oc3c(Cl)cc(-n4nc(C#N)c(=O)[nH]c4=O)cc3Cl)n[nH]c(=O)c2c1. The third-order valence-corrected chi connectivity index (χ3v) is 4.83. The maximum atomic E-state index is 12.1. The molecule has 0 amide bonds. The number of nitrogens with zero attached hydrogens (tertiary/aromatic N) is 4. The number of halogens is 2. The predicted octanol–water partition coefficient (Wildman–Crippen LogP) is 2.44. The molecule has 4 rings (SSSR count). The van der Waals surface area contributed by atoms with Crippen LogP contribution >= 0.6 is 23.2 Å². The Kier molecular flexibility index (Phi) is 5.06. The van der Waals surface area contributed by atoms with E-state index in [4.69, 9.17) is 33.2 Å². The normalized spacial score (nSPS) is 10.8. The molecule has 0 saturated carbocycles. The van der Waals surface area contributed by atoms with Crippen LogP contribution in [0.1, 0.15) is 11.3 Å². The molecule has 0 unspecified atom stereocenters. The zero-order chi connectivity index (χ0) is 22.3. The molecule has 31 heavy (non-hydrogen) atoms. The highest BCUT2D eigenvalue weighted by Crippen LogP contribution is 2.38. The molecule has 2 aromatic carbocycles. The number of rotatable bonds is 3. The molecule has 2 aromatic heterocycles. The quantitative estimate of drug-likeness (QED) is 0.480. The predicted molar refractivity (Wildman–Crippen MR) is 112 cm³/mol. The number of H-pyrrole nitrogens is 2. The molecule has 154 valence electrons. The van der Waals surface area contributed by atoms with Crippen molar-refractivity contribution in [3.63, 3.8) is 0 Å². The van der Waals surface area contributed by atoms with Gasteiger partial charge in [-0.05, 0) is 31.2 Å². The molecule has 0 atom stereocenters. The van der Waals surface area contributed by atoms with Gasteiger partial charge in [0.1, 0.15) is 6.07 Å². The average Bonchev–Trinajstić information content (AvgIpc) is 2.72. The Labute approximate surface area is 182 Å². The van der Waals surface area contributed by atoms with Crippen molar-refractivity contribution in [3.8, 4) is 23.4 Å². The first-order valence-corrected chi connectivity index (χ1v) is 9.34. The molecule has 4 aromatic rings. The van der Waals surface area contributed by atoms with Crippen LogP contribution in [0.2, 0.25) is 10.0 Å². The number of aromatic amines is 2. The zero-order valence-corrected chi connectivity index (χ0v) is 17.1. The summed E-state index contributed by atoms with van der Waals surface area (Å²) in [6, 6.07) is 9.39. The number of aryl methyl sites for hydroxylation is 1. The standard InChI is InChI=1S/C19H10Cl2N6O4/c1-8-2-3-10-11(4-8)16(28)24-25-18(10)31-15-12(20)5-9(6-13(15)21)27-19(30)23-17(29)14(7-22)26-27/h2-6H,1H3,(H,24,28)(H,23,29,30). The van der Waals surface area contributed by atoms with Gasteiger partial charge in [0.05, 0.1) is 26.5 Å². The van der Waals surface area contributed by atoms with Crippen LogP contribution in [0.3, 0.4) is 0 Å². The highest BCUT2D eigenvalue weighted by atomic mass is 35.5. The summed E-state index contributed by atoms with van der Waals surface area (Å²) in [6.45, 7) is 1.84. The van der Waals surface area contributed by atoms with Gasteiger partial charge in [0.25, 0.3) is 11.1 Å². The minimum atomic E-state index is -0.910. The van der Waals surface area contributed by atoms with Gasteiger partial charge in [0, 0.05) is 0 Å². The average molecular weight is 457 g/mol. The summed E-state index contributed by atoms with van der Waals surface area (Å²) in [4.78, 5) is 37.7. The highest BCUT2D eigenvalue weighted by Gasteiger charge is 2.17. The molecule has 0 aliphatic carbocycles. The Hall–Kier alpha value is -3.94. The first-order valence-electron chi connectivity index (χ1n) is 8.58. The number of hydrogen-bond acceptors (Lipinski definition) is 7. The maximum Gasteiger partial charge on any atom is 0.349 e. The molecule has 2 N–H and O–H groups in total. The minimum absolute atomic E-state index is 0.00540. The van der Waals surface area contributed by atoms with E-state index in [-0.39, 0.29) is 32.9 Å². The van der Waals surface area contributed by atoms with Gasteiger partial charge in [-0.1, -0.05) is 34.8 Å². The van der Waals surface area contributed by atoms with Gasteiger partial charge in [-0.2, -0.15) is 9.94 Å². The summed E-state index contributed by atoms with van der Waals surface area (Å²) in [7, 11) is 0. The molecule has 10 nitrogen and oxygen atoms in total. The van der Waals surface area contributed by atoms with Crippen molar-refractivity contribution in [1.29, 1.82) is 5.26 Å². The zero-order valence-electron chi connectivity index (χ0n) is 15.6. The van der Waals surface area contributed by atoms with Crippen LogP contribution in [0.4, 0.5) is 0 Å². The largest absolute Gasteiger partial charge is 0.434 e. The maximum absolute atomic E-state index is 12.1. The van der Waals surface area contributed by atoms with Gasteiger partial charge in [-0.25, -0.2) is 9.89 Å². The van der Waals surface area contributed by atoms with Crippen LogP contribution < -0.4 is 21.5 Å². The van der Waals surface area contributed by atoms with E-state index in [0.717, 1.165) is 10.2 Å². The number of fused-ring (bicyclic) bond motifs is 1. The Morgan fingerprint density at radius 2 is 1.77 bits per heavy atom. The summed E-state index contributed by atoms with van der Waals surface area (Å²) < 4.78 is 6.55. The van der Waals surface area contributed by atoms with E-state index in [1.54, 1.807) is 24.3 Å². The van der Waals surface area contributed by atoms with Crippen LogP contribution in [0.25, 0.3) is 16.5 Å². The number of aromatic nitrogens is 5. The third kappa shape index (κ3) is 3.68. The van der Waals surface area contributed by atoms with Crippen molar-refractivity contribution >= 4 is 34.0 Å². The van der Waals surface area contributed by atoms with E-state index in [1.165, 1.54) is 12.1 Å². The second kappa shape index (κ2) is 7.71. The van der Waals surface area contributed by atoms with Crippen molar-refractivity contribution in [2.24, 2.45) is 0 Å². The summed E-state index contributed by atoms with van der Waals surface area (Å²) in [5.41, 5.74) is -1.71. The first kappa shape index (κ1) is 20.3. The van der Waals surface area contributed by atoms with E-state index >= 15 is 0 Å². The minimum Gasteiger partial charge on any atom is -0.434 e. The molecule has 0 fully saturated rings. The van der Waals surface area contributed by atoms with E-state index in [1.807, 2.05) is 11.9 Å². The van der Waals surface area contributed by atoms with Gasteiger partial charge in [-0.15, -0.1) is 10.2 Å². The summed E-state index contributed by atoms with van der Waals surface area (Å²) in [5, 5.41) is 19.8. The molecule has 0 radical (unpaired) electrons. The lowest BCUT2D eigenvalue weighted by Crippen LogP contribution is -2.33. The molecule has 0 spiro atoms. The third-order valence-electron chi connectivity index (χ3n) is 4.27. The fraction of sp³-hybridized carbons (Fsp3) is 0.0526. The lowest BCUT2D eigenvalue weighted by Gasteiger charge is -2.12. The summed E-state index contributed by atoms with van der Waals surface area (Å²) in [5.74, 6) is 0.0868. The molecule has 0 aliphatic rings. The molecule has 0 aliphatic heterocycles. The lowest BCUT2D eigenvalue weighted by atomic mass is 10.1. The van der Waals surface area contributed by atoms with Gasteiger partial charge in [0.2, 0.25) is 11.6 Å². The molecule has 0 saturated heterocycles. The van der Waals surface area contributed by atoms with Crippen molar-refractivity contribution < 1.29 is 4.74 Å². The number of nitrogens with one attached hydrogen (secondary N) is 2. The Morgan fingerprint density at radius 1 is 1.06 bits per heavy atom. The van der Waals surface area contributed by atoms with Crippen molar-refractivity contribution in [2.45, 2.75) is 6.92 Å². The number of hydrogen-bond donors (Lipinski definition) is 2. The summed E-state index contributed by atoms with van der Waals surface area (Å²) in [6.07, 6.45) is 0. The number of benzene rings is 2. The molecule has 2 heterocycles. The van der Waals surface area contributed by atoms with Gasteiger partial charge in [0.15, 0.2) is 5.75 Å². The van der Waals surface area contributed by atoms with Crippen LogP contribution in [0, 0.1) is 18.3 Å². The lowest BCUT2D eigenvalue weighted by molar-refractivity contribution is 0.461. The van der Waals surface area contributed by atoms with Crippen molar-refractivity contribution in [2.75, 3.05) is 0 Å². The highest BCUT2D eigenvalue weighted by molar-refractivity contribution is 6.37. The molecule has 12 heteroatoms. The van der Waals surface area contributed by atoms with E-state index < -0.39 is 16.9 Å². The van der Waals surface area contributed by atoms with Gasteiger partial charge in [-0.3, -0.25) is 14.6 Å². The monoisotopic (exact) mass is 456 g/mol. The number of nitriles is 1. The van der Waals surface area contributed by atoms with E-state index in [0.29, 0.717) is 10.8 Å². The Morgan fingerprint density at radius 3 is 2.45 bits per heavy atom. The smallest absolute Gasteiger partial charge is 0.349 e. The van der Waals surface area contributed by atoms with Crippen LogP contribution in [0.15, 0.2) is 44.7 Å². The molecular weight excluding hydrogens is 447 g/mol. The van der Waals surface area contributed by atoms with Crippen LogP contribution in [0.5, 0.6) is 11.6 Å². The van der Waals surface area contributed by atoms with E-state index in [2.05, 4.69) is 15.3 Å². The fourth-order valence-electron chi connectivity index (χ4n) is 2.84. The van der Waals surface area contributed by atoms with Crippen molar-refractivity contribution in [1.82, 2.24) is 25.0 Å². The topological polar surface area (TPSA) is 147 Å². The Bertz CT molecular complexity index is 1560. The first-order chi connectivity index (χ1) is 14.8. The van der Waals surface area contributed by atoms with Gasteiger partial charge < -0.3 is 4.74 Å². The van der Waals surface area contributed by atoms with Crippen LogP contribution in [-0.2, 0) is 0 Å². The Balaban J connectivity index is 1.82. The second-order valence-corrected chi connectivity index (χ2v) is 7.19. The number of ether oxygens (including phenoxy) is 1. The van der Waals surface area contributed by atoms with E-state index in [9.17, 15) is 14.4 Å². The van der Waals surface area contributed by atoms with Gasteiger partial charge >= 0.3 is 5.69 Å². The van der Waals surface area contributed by atoms with Crippen LogP contribution in [-0.4, -0.2) is 25.0 Å². The molecular formula is C19H10Cl2N6O4. The second-order valence-electron chi connectivity index (χ2n) is 6.38. The molecule has 0 bridgehead atoms. The fourth-order valence-corrected chi connectivity index (χ4v) is 3.40. The summed E-state index contributed by atoms with van der Waals surface area (Å²) >= 11 is 12.6. The van der Waals surface area contributed by atoms with Crippen molar-refractivity contribution in [3.05, 3.63) is 82.8 Å².